The molecule has 0 aliphatic carbocycles. The number of hydrogen-bond donors (Lipinski definition) is 1. The van der Waals surface area contributed by atoms with Gasteiger partial charge in [-0.2, -0.15) is 9.97 Å². The molecule has 4 heterocycles. The third-order valence-corrected chi connectivity index (χ3v) is 5.02. The van der Waals surface area contributed by atoms with Gasteiger partial charge in [0.25, 0.3) is 0 Å². The number of rotatable bonds is 5. The Labute approximate surface area is 165 Å². The lowest BCUT2D eigenvalue weighted by Crippen LogP contribution is -2.28. The van der Waals surface area contributed by atoms with Crippen molar-refractivity contribution >= 4 is 40.2 Å². The highest BCUT2D eigenvalue weighted by Crippen LogP contribution is 2.35. The summed E-state index contributed by atoms with van der Waals surface area (Å²) in [6, 6.07) is 5.53. The second kappa shape index (κ2) is 6.83. The standard InChI is InChI=1S/C18H17ClN6O3/c19-18-22-16(21-11-3-4-12-13(8-11)28-10-27-12)15-17(23-18)25(9-20-15)7-6-24-5-1-2-14(24)26/h3-4,8-9H,1-2,5-7,10H2,(H,21,22,23). The molecule has 9 nitrogen and oxygen atoms in total. The molecular formula is C18H17ClN6O3. The molecule has 0 atom stereocenters. The predicted octanol–water partition coefficient (Wildman–Crippen LogP) is 2.57. The fraction of sp³-hybridized carbons (Fsp3) is 0.333. The quantitative estimate of drug-likeness (QED) is 0.657. The van der Waals surface area contributed by atoms with E-state index in [4.69, 9.17) is 21.1 Å². The Hall–Kier alpha value is -3.07. The van der Waals surface area contributed by atoms with Crippen LogP contribution in [0.4, 0.5) is 11.5 Å². The predicted molar refractivity (Wildman–Crippen MR) is 102 cm³/mol. The van der Waals surface area contributed by atoms with E-state index in [1.165, 1.54) is 0 Å². The van der Waals surface area contributed by atoms with Crippen molar-refractivity contribution < 1.29 is 14.3 Å². The maximum Gasteiger partial charge on any atom is 0.231 e. The van der Waals surface area contributed by atoms with Gasteiger partial charge < -0.3 is 24.3 Å². The number of amides is 1. The van der Waals surface area contributed by atoms with Crippen LogP contribution in [-0.4, -0.2) is 50.2 Å². The first kappa shape index (κ1) is 17.1. The highest BCUT2D eigenvalue weighted by atomic mass is 35.5. The fourth-order valence-corrected chi connectivity index (χ4v) is 3.61. The van der Waals surface area contributed by atoms with E-state index in [1.54, 1.807) is 6.33 Å². The number of ether oxygens (including phenoxy) is 2. The average Bonchev–Trinajstić information content (AvgIpc) is 3.39. The van der Waals surface area contributed by atoms with Gasteiger partial charge in [0.05, 0.1) is 6.33 Å². The Morgan fingerprint density at radius 1 is 1.18 bits per heavy atom. The van der Waals surface area contributed by atoms with Gasteiger partial charge in [-0.3, -0.25) is 4.79 Å². The lowest BCUT2D eigenvalue weighted by molar-refractivity contribution is -0.127. The number of carbonyl (C=O) groups excluding carboxylic acids is 1. The SMILES string of the molecule is O=C1CCCN1CCn1cnc2c(Nc3ccc4c(c3)OCO4)nc(Cl)nc21. The summed E-state index contributed by atoms with van der Waals surface area (Å²) in [7, 11) is 0. The number of nitrogens with one attached hydrogen (secondary N) is 1. The van der Waals surface area contributed by atoms with Crippen LogP contribution in [0.15, 0.2) is 24.5 Å². The molecule has 0 spiro atoms. The maximum absolute atomic E-state index is 11.8. The van der Waals surface area contributed by atoms with Crippen molar-refractivity contribution in [3.05, 3.63) is 29.8 Å². The van der Waals surface area contributed by atoms with Crippen LogP contribution in [0.1, 0.15) is 12.8 Å². The molecule has 1 saturated heterocycles. The van der Waals surface area contributed by atoms with E-state index in [9.17, 15) is 4.79 Å². The lowest BCUT2D eigenvalue weighted by Gasteiger charge is -2.15. The van der Waals surface area contributed by atoms with E-state index in [0.717, 1.165) is 18.7 Å². The fourth-order valence-electron chi connectivity index (χ4n) is 3.45. The van der Waals surface area contributed by atoms with Crippen LogP contribution < -0.4 is 14.8 Å². The Bertz CT molecular complexity index is 1070. The molecule has 1 aromatic carbocycles. The van der Waals surface area contributed by atoms with Crippen LogP contribution in [0.5, 0.6) is 11.5 Å². The molecule has 1 fully saturated rings. The summed E-state index contributed by atoms with van der Waals surface area (Å²) in [6.45, 7) is 2.24. The topological polar surface area (TPSA) is 94.4 Å². The van der Waals surface area contributed by atoms with Gasteiger partial charge in [-0.05, 0) is 30.2 Å². The lowest BCUT2D eigenvalue weighted by atomic mass is 10.2. The number of carbonyl (C=O) groups is 1. The first-order valence-electron chi connectivity index (χ1n) is 9.00. The third kappa shape index (κ3) is 3.07. The highest BCUT2D eigenvalue weighted by molar-refractivity contribution is 6.28. The van der Waals surface area contributed by atoms with Gasteiger partial charge in [-0.1, -0.05) is 0 Å². The first-order valence-corrected chi connectivity index (χ1v) is 9.38. The number of likely N-dealkylation sites (tertiary alicyclic amines) is 1. The number of halogens is 1. The summed E-state index contributed by atoms with van der Waals surface area (Å²) in [5.74, 6) is 2.08. The van der Waals surface area contributed by atoms with Crippen molar-refractivity contribution in [2.24, 2.45) is 0 Å². The minimum absolute atomic E-state index is 0.120. The molecule has 2 aliphatic rings. The van der Waals surface area contributed by atoms with Crippen LogP contribution in [0.3, 0.4) is 0 Å². The molecular weight excluding hydrogens is 384 g/mol. The van der Waals surface area contributed by atoms with Gasteiger partial charge in [-0.25, -0.2) is 4.98 Å². The minimum Gasteiger partial charge on any atom is -0.454 e. The number of benzene rings is 1. The number of hydrogen-bond acceptors (Lipinski definition) is 7. The highest BCUT2D eigenvalue weighted by Gasteiger charge is 2.21. The summed E-state index contributed by atoms with van der Waals surface area (Å²) in [6.07, 6.45) is 3.24. The number of anilines is 2. The normalized spacial score (nSPS) is 15.6. The summed E-state index contributed by atoms with van der Waals surface area (Å²) in [5.41, 5.74) is 2.00. The van der Waals surface area contributed by atoms with E-state index in [0.29, 0.717) is 48.0 Å². The van der Waals surface area contributed by atoms with E-state index < -0.39 is 0 Å². The van der Waals surface area contributed by atoms with Gasteiger partial charge in [0.2, 0.25) is 18.0 Å². The van der Waals surface area contributed by atoms with Crippen molar-refractivity contribution in [2.45, 2.75) is 19.4 Å². The zero-order valence-electron chi connectivity index (χ0n) is 14.9. The molecule has 3 aromatic rings. The van der Waals surface area contributed by atoms with Crippen molar-refractivity contribution in [2.75, 3.05) is 25.2 Å². The Kier molecular flexibility index (Phi) is 4.16. The largest absolute Gasteiger partial charge is 0.454 e. The smallest absolute Gasteiger partial charge is 0.231 e. The number of imidazole rings is 1. The molecule has 0 radical (unpaired) electrons. The molecule has 10 heteroatoms. The van der Waals surface area contributed by atoms with Gasteiger partial charge in [0.1, 0.15) is 0 Å². The zero-order chi connectivity index (χ0) is 19.1. The van der Waals surface area contributed by atoms with Crippen LogP contribution >= 0.6 is 11.6 Å². The Balaban J connectivity index is 1.41. The summed E-state index contributed by atoms with van der Waals surface area (Å²) in [4.78, 5) is 26.7. The summed E-state index contributed by atoms with van der Waals surface area (Å²) < 4.78 is 12.6. The number of nitrogens with zero attached hydrogens (tertiary/aromatic N) is 5. The van der Waals surface area contributed by atoms with E-state index in [-0.39, 0.29) is 18.0 Å². The van der Waals surface area contributed by atoms with Gasteiger partial charge in [0.15, 0.2) is 28.5 Å². The van der Waals surface area contributed by atoms with Crippen LogP contribution in [0.25, 0.3) is 11.2 Å². The average molecular weight is 401 g/mol. The molecule has 1 N–H and O–H groups in total. The van der Waals surface area contributed by atoms with E-state index >= 15 is 0 Å². The van der Waals surface area contributed by atoms with Gasteiger partial charge in [0, 0.05) is 37.8 Å². The van der Waals surface area contributed by atoms with Crippen molar-refractivity contribution in [1.29, 1.82) is 0 Å². The Morgan fingerprint density at radius 2 is 2.07 bits per heavy atom. The molecule has 28 heavy (non-hydrogen) atoms. The maximum atomic E-state index is 11.8. The summed E-state index contributed by atoms with van der Waals surface area (Å²) in [5, 5.41) is 3.34. The molecule has 5 rings (SSSR count). The molecule has 2 aliphatic heterocycles. The molecule has 144 valence electrons. The summed E-state index contributed by atoms with van der Waals surface area (Å²) >= 11 is 6.15. The van der Waals surface area contributed by atoms with E-state index in [1.807, 2.05) is 27.7 Å². The number of fused-ring (bicyclic) bond motifs is 2. The minimum atomic E-state index is 0.120. The second-order valence-electron chi connectivity index (χ2n) is 6.63. The molecule has 2 aromatic heterocycles. The van der Waals surface area contributed by atoms with E-state index in [2.05, 4.69) is 20.3 Å². The van der Waals surface area contributed by atoms with Gasteiger partial charge >= 0.3 is 0 Å². The molecule has 0 bridgehead atoms. The van der Waals surface area contributed by atoms with Crippen molar-refractivity contribution in [1.82, 2.24) is 24.4 Å². The Morgan fingerprint density at radius 3 is 2.93 bits per heavy atom. The van der Waals surface area contributed by atoms with Crippen molar-refractivity contribution in [3.63, 3.8) is 0 Å². The molecule has 0 saturated carbocycles. The number of aromatic nitrogens is 4. The molecule has 0 unspecified atom stereocenters. The monoisotopic (exact) mass is 400 g/mol. The van der Waals surface area contributed by atoms with Crippen LogP contribution in [0, 0.1) is 0 Å². The van der Waals surface area contributed by atoms with Crippen LogP contribution in [0.2, 0.25) is 5.28 Å². The molecule has 1 amide bonds. The van der Waals surface area contributed by atoms with Crippen molar-refractivity contribution in [3.8, 4) is 11.5 Å². The first-order chi connectivity index (χ1) is 13.7. The van der Waals surface area contributed by atoms with Crippen LogP contribution in [-0.2, 0) is 11.3 Å². The second-order valence-corrected chi connectivity index (χ2v) is 6.97. The zero-order valence-corrected chi connectivity index (χ0v) is 15.6. The third-order valence-electron chi connectivity index (χ3n) is 4.85. The van der Waals surface area contributed by atoms with Gasteiger partial charge in [-0.15, -0.1) is 0 Å².